The van der Waals surface area contributed by atoms with Gasteiger partial charge < -0.3 is 14.4 Å². The molecule has 2 heterocycles. The van der Waals surface area contributed by atoms with Crippen LogP contribution in [0.3, 0.4) is 0 Å². The van der Waals surface area contributed by atoms with E-state index >= 15 is 0 Å². The van der Waals surface area contributed by atoms with Crippen LogP contribution < -0.4 is 4.90 Å². The lowest BCUT2D eigenvalue weighted by Gasteiger charge is -2.28. The minimum Gasteiger partial charge on any atom is -0.336 e. The number of fused-ring (bicyclic) bond motifs is 4. The van der Waals surface area contributed by atoms with Crippen LogP contribution in [-0.2, 0) is 19.9 Å². The normalized spacial score (nSPS) is 23.5. The highest BCUT2D eigenvalue weighted by Gasteiger charge is 2.63. The fourth-order valence-corrected chi connectivity index (χ4v) is 5.76. The first-order chi connectivity index (χ1) is 17.2. The van der Waals surface area contributed by atoms with Gasteiger partial charge in [0, 0.05) is 18.2 Å². The second-order valence-electron chi connectivity index (χ2n) is 9.22. The predicted molar refractivity (Wildman–Crippen MR) is 137 cm³/mol. The van der Waals surface area contributed by atoms with Crippen LogP contribution in [0, 0.1) is 0 Å². The molecule has 0 saturated carbocycles. The van der Waals surface area contributed by atoms with Crippen molar-refractivity contribution in [1.82, 2.24) is 0 Å². The van der Waals surface area contributed by atoms with Crippen LogP contribution in [0.2, 0.25) is 0 Å². The Morgan fingerprint density at radius 3 is 2.00 bits per heavy atom. The van der Waals surface area contributed by atoms with E-state index in [2.05, 4.69) is 42.5 Å². The maximum Gasteiger partial charge on any atom is 0.266 e. The van der Waals surface area contributed by atoms with Gasteiger partial charge in [-0.3, -0.25) is 4.79 Å². The molecule has 7 rings (SSSR count). The van der Waals surface area contributed by atoms with E-state index in [1.165, 1.54) is 0 Å². The highest BCUT2D eigenvalue weighted by atomic mass is 16.7. The molecule has 3 atom stereocenters. The molecule has 0 aliphatic carbocycles. The van der Waals surface area contributed by atoms with Gasteiger partial charge in [0.15, 0.2) is 6.29 Å². The second-order valence-corrected chi connectivity index (χ2v) is 9.22. The number of anilines is 1. The van der Waals surface area contributed by atoms with Crippen LogP contribution in [0.25, 0.3) is 21.5 Å². The third-order valence-electron chi connectivity index (χ3n) is 7.39. The standard InChI is InChI=1S/C31H23NO3/c1-32-27-19-7-6-18-26(27)31(30(32)33)28(24-16-8-12-20-10-2-4-14-22(20)24)34-29(35-31)25-17-9-13-21-11-3-5-15-23(21)25/h2-19,28-29H,1H3/t28-,29-,31+/m0/s1. The van der Waals surface area contributed by atoms with Crippen LogP contribution in [0.5, 0.6) is 0 Å². The Morgan fingerprint density at radius 2 is 1.26 bits per heavy atom. The Bertz CT molecular complexity index is 1620. The van der Waals surface area contributed by atoms with Crippen molar-refractivity contribution in [2.45, 2.75) is 18.0 Å². The second kappa shape index (κ2) is 7.51. The Kier molecular flexibility index (Phi) is 4.37. The number of carbonyl (C=O) groups excluding carboxylic acids is 1. The quantitative estimate of drug-likeness (QED) is 0.298. The molecule has 1 spiro atoms. The molecule has 5 aromatic carbocycles. The van der Waals surface area contributed by atoms with Crippen molar-refractivity contribution >= 4 is 33.1 Å². The van der Waals surface area contributed by atoms with Crippen LogP contribution in [0.15, 0.2) is 109 Å². The van der Waals surface area contributed by atoms with Gasteiger partial charge in [-0.05, 0) is 33.2 Å². The molecule has 0 bridgehead atoms. The number of nitrogens with zero attached hydrogens (tertiary/aromatic N) is 1. The fourth-order valence-electron chi connectivity index (χ4n) is 5.76. The Labute approximate surface area is 203 Å². The van der Waals surface area contributed by atoms with E-state index in [0.29, 0.717) is 0 Å². The summed E-state index contributed by atoms with van der Waals surface area (Å²) in [5, 5.41) is 4.32. The summed E-state index contributed by atoms with van der Waals surface area (Å²) in [6.07, 6.45) is -1.32. The predicted octanol–water partition coefficient (Wildman–Crippen LogP) is 6.65. The Morgan fingerprint density at radius 1 is 0.686 bits per heavy atom. The summed E-state index contributed by atoms with van der Waals surface area (Å²) in [6, 6.07) is 36.6. The first kappa shape index (κ1) is 20.4. The van der Waals surface area contributed by atoms with Gasteiger partial charge in [0.2, 0.25) is 5.60 Å². The molecule has 4 heteroatoms. The molecule has 170 valence electrons. The topological polar surface area (TPSA) is 38.8 Å². The highest BCUT2D eigenvalue weighted by molar-refractivity contribution is 6.08. The van der Waals surface area contributed by atoms with Gasteiger partial charge in [-0.25, -0.2) is 0 Å². The van der Waals surface area contributed by atoms with Crippen molar-refractivity contribution in [3.63, 3.8) is 0 Å². The number of carbonyl (C=O) groups is 1. The summed E-state index contributed by atoms with van der Waals surface area (Å²) in [6.45, 7) is 0. The van der Waals surface area contributed by atoms with Crippen molar-refractivity contribution < 1.29 is 14.3 Å². The van der Waals surface area contributed by atoms with E-state index in [1.807, 2.05) is 73.8 Å². The first-order valence-corrected chi connectivity index (χ1v) is 11.8. The zero-order chi connectivity index (χ0) is 23.6. The molecule has 0 aromatic heterocycles. The number of rotatable bonds is 2. The number of likely N-dealkylation sites (N-methyl/N-ethyl adjacent to an activating group) is 1. The molecular weight excluding hydrogens is 434 g/mol. The summed E-state index contributed by atoms with van der Waals surface area (Å²) in [5.41, 5.74) is 2.28. The third kappa shape index (κ3) is 2.78. The van der Waals surface area contributed by atoms with E-state index < -0.39 is 18.0 Å². The number of amides is 1. The number of hydrogen-bond donors (Lipinski definition) is 0. The molecule has 0 unspecified atom stereocenters. The summed E-state index contributed by atoms with van der Waals surface area (Å²) in [7, 11) is 1.81. The molecule has 0 N–H and O–H groups in total. The minimum absolute atomic E-state index is 0.112. The molecule has 5 aromatic rings. The van der Waals surface area contributed by atoms with E-state index in [9.17, 15) is 4.79 Å². The Hall–Kier alpha value is -3.99. The number of ether oxygens (including phenoxy) is 2. The SMILES string of the molecule is CN1C(=O)[C@@]2(O[C@@H](c3cccc4ccccc34)O[C@H]2c2cccc3ccccc23)c2ccccc21. The van der Waals surface area contributed by atoms with Gasteiger partial charge >= 0.3 is 0 Å². The van der Waals surface area contributed by atoms with Crippen molar-refractivity contribution in [1.29, 1.82) is 0 Å². The highest BCUT2D eigenvalue weighted by Crippen LogP contribution is 2.59. The molecule has 35 heavy (non-hydrogen) atoms. The van der Waals surface area contributed by atoms with Gasteiger partial charge in [0.1, 0.15) is 6.10 Å². The smallest absolute Gasteiger partial charge is 0.266 e. The zero-order valence-electron chi connectivity index (χ0n) is 19.2. The molecule has 0 radical (unpaired) electrons. The van der Waals surface area contributed by atoms with E-state index in [4.69, 9.17) is 9.47 Å². The summed E-state index contributed by atoms with van der Waals surface area (Å²) in [4.78, 5) is 15.8. The van der Waals surface area contributed by atoms with Gasteiger partial charge in [-0.2, -0.15) is 0 Å². The monoisotopic (exact) mass is 457 g/mol. The van der Waals surface area contributed by atoms with Crippen molar-refractivity contribution in [2.24, 2.45) is 0 Å². The van der Waals surface area contributed by atoms with Crippen molar-refractivity contribution in [3.8, 4) is 0 Å². The van der Waals surface area contributed by atoms with Gasteiger partial charge in [0.25, 0.3) is 5.91 Å². The molecule has 2 aliphatic heterocycles. The lowest BCUT2D eigenvalue weighted by Crippen LogP contribution is -2.42. The van der Waals surface area contributed by atoms with Gasteiger partial charge in [0.05, 0.1) is 5.69 Å². The maximum atomic E-state index is 14.1. The average Bonchev–Trinajstić information content (AvgIpc) is 3.41. The average molecular weight is 458 g/mol. The van der Waals surface area contributed by atoms with E-state index in [0.717, 1.165) is 43.9 Å². The summed E-state index contributed by atoms with van der Waals surface area (Å²) < 4.78 is 13.6. The van der Waals surface area contributed by atoms with Gasteiger partial charge in [-0.1, -0.05) is 103 Å². The molecule has 1 amide bonds. The van der Waals surface area contributed by atoms with Crippen molar-refractivity contribution in [3.05, 3.63) is 126 Å². The third-order valence-corrected chi connectivity index (χ3v) is 7.39. The van der Waals surface area contributed by atoms with Crippen LogP contribution in [-0.4, -0.2) is 13.0 Å². The number of benzene rings is 5. The number of para-hydroxylation sites is 1. The first-order valence-electron chi connectivity index (χ1n) is 11.8. The largest absolute Gasteiger partial charge is 0.336 e. The number of hydrogen-bond acceptors (Lipinski definition) is 3. The molecule has 4 nitrogen and oxygen atoms in total. The lowest BCUT2D eigenvalue weighted by atomic mass is 9.84. The summed E-state index contributed by atoms with van der Waals surface area (Å²) >= 11 is 0. The van der Waals surface area contributed by atoms with Crippen LogP contribution in [0.4, 0.5) is 5.69 Å². The molecular formula is C31H23NO3. The summed E-state index contributed by atoms with van der Waals surface area (Å²) in [5.74, 6) is -0.112. The lowest BCUT2D eigenvalue weighted by molar-refractivity contribution is -0.145. The fraction of sp³-hybridized carbons (Fsp3) is 0.129. The minimum atomic E-state index is -1.28. The van der Waals surface area contributed by atoms with Crippen LogP contribution in [0.1, 0.15) is 29.1 Å². The van der Waals surface area contributed by atoms with Gasteiger partial charge in [-0.15, -0.1) is 0 Å². The molecule has 1 fully saturated rings. The van der Waals surface area contributed by atoms with E-state index in [1.54, 1.807) is 4.90 Å². The molecule has 2 aliphatic rings. The molecule has 1 saturated heterocycles. The van der Waals surface area contributed by atoms with Crippen molar-refractivity contribution in [2.75, 3.05) is 11.9 Å². The van der Waals surface area contributed by atoms with E-state index in [-0.39, 0.29) is 5.91 Å². The zero-order valence-corrected chi connectivity index (χ0v) is 19.2. The maximum absolute atomic E-state index is 14.1. The van der Waals surface area contributed by atoms with Crippen LogP contribution >= 0.6 is 0 Å². The Balaban J connectivity index is 1.49.